The number of ether oxygens (including phenoxy) is 3. The molecule has 0 aromatic carbocycles. The number of allylic oxidation sites excluding steroid dienone is 6. The highest BCUT2D eigenvalue weighted by molar-refractivity contribution is 7.47. The average molecular weight is 882 g/mol. The monoisotopic (exact) mass is 882 g/mol. The molecule has 0 saturated carbocycles. The van der Waals surface area contributed by atoms with Gasteiger partial charge in [0.05, 0.1) is 25.4 Å². The van der Waals surface area contributed by atoms with Gasteiger partial charge in [0.15, 0.2) is 6.10 Å². The molecule has 0 aromatic rings. The lowest BCUT2D eigenvalue weighted by Crippen LogP contribution is -2.34. The summed E-state index contributed by atoms with van der Waals surface area (Å²) in [6.07, 6.45) is 46.4. The van der Waals surface area contributed by atoms with Crippen molar-refractivity contribution in [2.24, 2.45) is 5.73 Å². The minimum absolute atomic E-state index is 0.0789. The van der Waals surface area contributed by atoms with E-state index in [2.05, 4.69) is 54.8 Å². The van der Waals surface area contributed by atoms with Crippen LogP contribution < -0.4 is 5.73 Å². The topological polar surface area (TPSA) is 184 Å². The van der Waals surface area contributed by atoms with Gasteiger partial charge in [-0.05, 0) is 77.0 Å². The fraction of sp³-hybridized carbons (Fsp3) is 0.771. The van der Waals surface area contributed by atoms with Crippen molar-refractivity contribution < 1.29 is 52.2 Å². The van der Waals surface area contributed by atoms with Gasteiger partial charge in [0.1, 0.15) is 12.6 Å². The molecule has 0 aliphatic carbocycles. The summed E-state index contributed by atoms with van der Waals surface area (Å²) in [4.78, 5) is 46.1. The SMILES string of the molecule is CCCCC/C=C\CC1OC1C/C=C\C/C=C\CCCC(=O)O[C@H](COC(=O)CCCCCCCCCCC/C=C\CCCCCCCC)COP(=O)(O)OC[C@H](N)C(=O)O. The Morgan fingerprint density at radius 3 is 1.64 bits per heavy atom. The summed E-state index contributed by atoms with van der Waals surface area (Å²) >= 11 is 0. The van der Waals surface area contributed by atoms with Gasteiger partial charge in [-0.3, -0.25) is 23.4 Å². The molecule has 1 saturated heterocycles. The van der Waals surface area contributed by atoms with Crippen LogP contribution in [0.2, 0.25) is 0 Å². The van der Waals surface area contributed by atoms with Gasteiger partial charge in [0, 0.05) is 12.8 Å². The summed E-state index contributed by atoms with van der Waals surface area (Å²) in [5.74, 6) is -2.46. The Morgan fingerprint density at radius 1 is 0.590 bits per heavy atom. The second kappa shape index (κ2) is 39.0. The van der Waals surface area contributed by atoms with Crippen molar-refractivity contribution in [3.05, 3.63) is 48.6 Å². The number of nitrogens with two attached hydrogens (primary N) is 1. The van der Waals surface area contributed by atoms with E-state index in [0.29, 0.717) is 31.5 Å². The first kappa shape index (κ1) is 56.4. The Morgan fingerprint density at radius 2 is 1.03 bits per heavy atom. The van der Waals surface area contributed by atoms with Crippen LogP contribution in [0.1, 0.15) is 194 Å². The summed E-state index contributed by atoms with van der Waals surface area (Å²) in [5, 5.41) is 8.91. The first-order valence-corrected chi connectivity index (χ1v) is 25.3. The molecule has 1 heterocycles. The number of hydrogen-bond acceptors (Lipinski definition) is 10. The number of unbranched alkanes of at least 4 members (excludes halogenated alkanes) is 19. The van der Waals surface area contributed by atoms with E-state index in [1.807, 2.05) is 12.2 Å². The van der Waals surface area contributed by atoms with E-state index < -0.39 is 51.1 Å². The van der Waals surface area contributed by atoms with Crippen LogP contribution >= 0.6 is 7.82 Å². The summed E-state index contributed by atoms with van der Waals surface area (Å²) in [7, 11) is -4.74. The number of epoxide rings is 1. The maximum atomic E-state index is 12.7. The lowest BCUT2D eigenvalue weighted by Gasteiger charge is -2.20. The van der Waals surface area contributed by atoms with Crippen molar-refractivity contribution >= 4 is 25.7 Å². The minimum atomic E-state index is -4.74. The van der Waals surface area contributed by atoms with Gasteiger partial charge >= 0.3 is 25.7 Å². The van der Waals surface area contributed by atoms with E-state index in [4.69, 9.17) is 29.6 Å². The summed E-state index contributed by atoms with van der Waals surface area (Å²) in [6, 6.07) is -1.53. The van der Waals surface area contributed by atoms with Crippen molar-refractivity contribution in [2.45, 2.75) is 218 Å². The minimum Gasteiger partial charge on any atom is -0.480 e. The summed E-state index contributed by atoms with van der Waals surface area (Å²) < 4.78 is 38.5. The Hall–Kier alpha value is -2.60. The Kier molecular flexibility index (Phi) is 36.1. The lowest BCUT2D eigenvalue weighted by atomic mass is 10.1. The van der Waals surface area contributed by atoms with Crippen LogP contribution in [0.3, 0.4) is 0 Å². The highest BCUT2D eigenvalue weighted by Gasteiger charge is 2.36. The zero-order valence-electron chi connectivity index (χ0n) is 37.9. The normalized spacial score (nSPS) is 17.4. The average Bonchev–Trinajstić information content (AvgIpc) is 3.99. The van der Waals surface area contributed by atoms with Crippen LogP contribution in [0.4, 0.5) is 0 Å². The van der Waals surface area contributed by atoms with Crippen LogP contribution in [0.5, 0.6) is 0 Å². The van der Waals surface area contributed by atoms with Crippen LogP contribution in [0.15, 0.2) is 48.6 Å². The van der Waals surface area contributed by atoms with E-state index in [1.54, 1.807) is 0 Å². The third-order valence-electron chi connectivity index (χ3n) is 10.5. The largest absolute Gasteiger partial charge is 0.480 e. The number of esters is 2. The molecular formula is C48H84NO11P. The van der Waals surface area contributed by atoms with Crippen LogP contribution in [0, 0.1) is 0 Å². The zero-order chi connectivity index (χ0) is 44.7. The van der Waals surface area contributed by atoms with Gasteiger partial charge < -0.3 is 29.9 Å². The van der Waals surface area contributed by atoms with Crippen molar-refractivity contribution in [3.8, 4) is 0 Å². The van der Waals surface area contributed by atoms with Gasteiger partial charge in [0.25, 0.3) is 0 Å². The highest BCUT2D eigenvalue weighted by atomic mass is 31.2. The van der Waals surface area contributed by atoms with Crippen molar-refractivity contribution in [1.29, 1.82) is 0 Å². The van der Waals surface area contributed by atoms with E-state index in [-0.39, 0.29) is 19.4 Å². The molecule has 1 fully saturated rings. The molecule has 352 valence electrons. The molecule has 1 aliphatic rings. The van der Waals surface area contributed by atoms with Gasteiger partial charge in [-0.15, -0.1) is 0 Å². The van der Waals surface area contributed by atoms with Crippen LogP contribution in [-0.4, -0.2) is 72.1 Å². The predicted octanol–water partition coefficient (Wildman–Crippen LogP) is 11.9. The van der Waals surface area contributed by atoms with Crippen LogP contribution in [-0.2, 0) is 42.2 Å². The summed E-state index contributed by atoms with van der Waals surface area (Å²) in [6.45, 7) is 2.71. The molecule has 0 radical (unpaired) electrons. The third-order valence-corrected chi connectivity index (χ3v) is 11.4. The first-order valence-electron chi connectivity index (χ1n) is 23.8. The fourth-order valence-corrected chi connectivity index (χ4v) is 7.34. The third kappa shape index (κ3) is 36.6. The molecule has 1 rings (SSSR count). The number of carboxylic acids is 1. The molecule has 3 unspecified atom stereocenters. The second-order valence-corrected chi connectivity index (χ2v) is 17.7. The second-order valence-electron chi connectivity index (χ2n) is 16.3. The van der Waals surface area contributed by atoms with E-state index >= 15 is 0 Å². The number of phosphoric acid groups is 1. The number of carboxylic acid groups (broad SMARTS) is 1. The molecule has 0 bridgehead atoms. The van der Waals surface area contributed by atoms with Crippen molar-refractivity contribution in [3.63, 3.8) is 0 Å². The van der Waals surface area contributed by atoms with Crippen molar-refractivity contribution in [2.75, 3.05) is 19.8 Å². The quantitative estimate of drug-likeness (QED) is 0.0173. The zero-order valence-corrected chi connectivity index (χ0v) is 38.8. The summed E-state index contributed by atoms with van der Waals surface area (Å²) in [5.41, 5.74) is 5.34. The smallest absolute Gasteiger partial charge is 0.472 e. The number of aliphatic carboxylic acids is 1. The number of phosphoric ester groups is 1. The molecule has 13 heteroatoms. The number of rotatable bonds is 43. The molecule has 0 aromatic heterocycles. The molecule has 12 nitrogen and oxygen atoms in total. The Labute approximate surface area is 369 Å². The molecular weight excluding hydrogens is 797 g/mol. The molecule has 5 atom stereocenters. The molecule has 0 amide bonds. The number of carbonyl (C=O) groups is 3. The van der Waals surface area contributed by atoms with E-state index in [0.717, 1.165) is 44.9 Å². The fourth-order valence-electron chi connectivity index (χ4n) is 6.56. The van der Waals surface area contributed by atoms with Gasteiger partial charge in [-0.2, -0.15) is 0 Å². The Balaban J connectivity index is 2.28. The van der Waals surface area contributed by atoms with Gasteiger partial charge in [0.2, 0.25) is 0 Å². The standard InChI is InChI=1S/C48H84NO11P/c1-3-5-7-9-11-12-13-14-15-16-17-18-19-20-21-22-25-29-33-37-46(50)56-39-42(40-57-61(54,55)58-41-43(49)48(52)53)59-47(51)38-34-30-26-23-24-28-32-36-45-44(60-45)35-31-27-10-8-6-4-2/h14-15,23,26-28,31-32,42-45H,3-13,16-22,24-25,29-30,33-41,49H2,1-2H3,(H,52,53)(H,54,55)/b15-14-,26-23-,31-27-,32-28-/t42-,43+,44?,45?/m1/s1. The van der Waals surface area contributed by atoms with Gasteiger partial charge in [-0.25, -0.2) is 4.57 Å². The first-order chi connectivity index (χ1) is 29.6. The molecule has 1 aliphatic heterocycles. The molecule has 4 N–H and O–H groups in total. The Bertz CT molecular complexity index is 1290. The van der Waals surface area contributed by atoms with Crippen LogP contribution in [0.25, 0.3) is 0 Å². The maximum Gasteiger partial charge on any atom is 0.472 e. The number of hydrogen-bond donors (Lipinski definition) is 3. The van der Waals surface area contributed by atoms with E-state index in [9.17, 15) is 23.8 Å². The molecule has 61 heavy (non-hydrogen) atoms. The maximum absolute atomic E-state index is 12.7. The van der Waals surface area contributed by atoms with Crippen molar-refractivity contribution in [1.82, 2.24) is 0 Å². The van der Waals surface area contributed by atoms with Gasteiger partial charge in [-0.1, -0.05) is 152 Å². The van der Waals surface area contributed by atoms with E-state index in [1.165, 1.54) is 103 Å². The highest BCUT2D eigenvalue weighted by Crippen LogP contribution is 2.43. The lowest BCUT2D eigenvalue weighted by molar-refractivity contribution is -0.161. The predicted molar refractivity (Wildman–Crippen MR) is 244 cm³/mol. The number of carbonyl (C=O) groups excluding carboxylic acids is 2. The molecule has 0 spiro atoms.